The van der Waals surface area contributed by atoms with Gasteiger partial charge in [0, 0.05) is 13.1 Å². The summed E-state index contributed by atoms with van der Waals surface area (Å²) in [5.74, 6) is 2.49. The van der Waals surface area contributed by atoms with Crippen LogP contribution in [0.25, 0.3) is 11.0 Å². The summed E-state index contributed by atoms with van der Waals surface area (Å²) in [5, 5.41) is 7.84. The first-order valence-corrected chi connectivity index (χ1v) is 10.6. The number of nitrogens with one attached hydrogen (secondary N) is 1. The van der Waals surface area contributed by atoms with Crippen LogP contribution in [0.15, 0.2) is 17.3 Å². The number of aryl methyl sites for hydroxylation is 1. The van der Waals surface area contributed by atoms with E-state index in [0.717, 1.165) is 24.2 Å². The molecule has 4 fully saturated rings. The molecule has 28 heavy (non-hydrogen) atoms. The summed E-state index contributed by atoms with van der Waals surface area (Å²) in [4.78, 5) is 29.8. The maximum atomic E-state index is 12.8. The van der Waals surface area contributed by atoms with Crippen LogP contribution in [0.4, 0.5) is 0 Å². The summed E-state index contributed by atoms with van der Waals surface area (Å²) in [6, 6.07) is 0.208. The third-order valence-electron chi connectivity index (χ3n) is 7.60. The number of rotatable bonds is 5. The summed E-state index contributed by atoms with van der Waals surface area (Å²) < 4.78 is 2.97. The Labute approximate surface area is 164 Å². The predicted octanol–water partition coefficient (Wildman–Crippen LogP) is 2.24. The zero-order chi connectivity index (χ0) is 19.5. The molecule has 0 aliphatic heterocycles. The summed E-state index contributed by atoms with van der Waals surface area (Å²) in [5.41, 5.74) is 0.605. The van der Waals surface area contributed by atoms with E-state index in [2.05, 4.69) is 22.3 Å². The lowest BCUT2D eigenvalue weighted by molar-refractivity contribution is -0.127. The topological polar surface area (TPSA) is 81.8 Å². The molecule has 6 rings (SSSR count). The van der Waals surface area contributed by atoms with E-state index < -0.39 is 0 Å². The van der Waals surface area contributed by atoms with E-state index in [4.69, 9.17) is 0 Å². The normalized spacial score (nSPS) is 32.0. The molecule has 1 N–H and O–H groups in total. The molecule has 150 valence electrons. The minimum absolute atomic E-state index is 0.0134. The number of carbonyl (C=O) groups is 1. The first-order valence-electron chi connectivity index (χ1n) is 10.6. The largest absolute Gasteiger partial charge is 0.351 e. The third-order valence-corrected chi connectivity index (χ3v) is 7.60. The Balaban J connectivity index is 1.33. The van der Waals surface area contributed by atoms with Crippen molar-refractivity contribution in [3.05, 3.63) is 22.9 Å². The van der Waals surface area contributed by atoms with Gasteiger partial charge in [-0.15, -0.1) is 0 Å². The number of carbonyl (C=O) groups excluding carboxylic acids is 1. The molecule has 7 heteroatoms. The smallest absolute Gasteiger partial charge is 0.264 e. The van der Waals surface area contributed by atoms with Crippen molar-refractivity contribution >= 4 is 16.9 Å². The van der Waals surface area contributed by atoms with E-state index in [1.807, 2.05) is 0 Å². The summed E-state index contributed by atoms with van der Waals surface area (Å²) in [6.07, 6.45) is 11.9. The fraction of sp³-hybridized carbons (Fsp3) is 0.714. The molecule has 1 amide bonds. The average molecular weight is 383 g/mol. The molecule has 4 saturated carbocycles. The highest BCUT2D eigenvalue weighted by molar-refractivity contribution is 5.77. The highest BCUT2D eigenvalue weighted by Crippen LogP contribution is 2.61. The molecule has 2 aromatic heterocycles. The number of nitrogens with zero attached hydrogens (tertiary/aromatic N) is 4. The predicted molar refractivity (Wildman–Crippen MR) is 106 cm³/mol. The van der Waals surface area contributed by atoms with Crippen LogP contribution in [-0.4, -0.2) is 31.3 Å². The van der Waals surface area contributed by atoms with Crippen molar-refractivity contribution in [1.82, 2.24) is 24.6 Å². The second-order valence-electron chi connectivity index (χ2n) is 9.49. The first kappa shape index (κ1) is 17.9. The van der Waals surface area contributed by atoms with E-state index in [-0.39, 0.29) is 29.5 Å². The zero-order valence-electron chi connectivity index (χ0n) is 16.7. The van der Waals surface area contributed by atoms with E-state index in [1.54, 1.807) is 11.7 Å². The van der Waals surface area contributed by atoms with Gasteiger partial charge in [-0.25, -0.2) is 4.98 Å². The molecular weight excluding hydrogens is 354 g/mol. The second-order valence-corrected chi connectivity index (χ2v) is 9.49. The molecule has 2 heterocycles. The zero-order valence-corrected chi connectivity index (χ0v) is 16.7. The van der Waals surface area contributed by atoms with Crippen LogP contribution in [-0.2, 0) is 18.4 Å². The average Bonchev–Trinajstić information content (AvgIpc) is 3.02. The molecule has 0 saturated heterocycles. The molecule has 0 radical (unpaired) electrons. The molecule has 2 aromatic rings. The van der Waals surface area contributed by atoms with E-state index in [1.165, 1.54) is 55.6 Å². The van der Waals surface area contributed by atoms with Crippen molar-refractivity contribution in [2.45, 2.75) is 64.5 Å². The van der Waals surface area contributed by atoms with Crippen LogP contribution in [0.2, 0.25) is 0 Å². The Kier molecular flexibility index (Phi) is 4.10. The summed E-state index contributed by atoms with van der Waals surface area (Å²) >= 11 is 0. The van der Waals surface area contributed by atoms with Crippen LogP contribution in [0.1, 0.15) is 51.9 Å². The number of fused-ring (bicyclic) bond motifs is 1. The monoisotopic (exact) mass is 383 g/mol. The molecule has 0 aromatic carbocycles. The lowest BCUT2D eigenvalue weighted by atomic mass is 9.47. The lowest BCUT2D eigenvalue weighted by Crippen LogP contribution is -2.57. The molecule has 7 nitrogen and oxygen atoms in total. The maximum Gasteiger partial charge on any atom is 0.264 e. The van der Waals surface area contributed by atoms with E-state index in [9.17, 15) is 9.59 Å². The number of amides is 1. The van der Waals surface area contributed by atoms with Crippen LogP contribution < -0.4 is 10.9 Å². The fourth-order valence-corrected chi connectivity index (χ4v) is 6.87. The number of hydrogen-bond acceptors (Lipinski definition) is 4. The maximum absolute atomic E-state index is 12.8. The third kappa shape index (κ3) is 2.78. The first-order chi connectivity index (χ1) is 13.5. The SMILES string of the molecule is CC[C@@H](NC(=O)Cn1cnc2c(cnn2C)c1=O)C12CC3CC(CC(C3)C1)C2. The standard InChI is InChI=1S/C21H29N5O2/c1-3-17(21-7-13-4-14(8-21)6-15(5-13)9-21)24-18(27)11-26-12-22-19-16(20(26)28)10-23-25(19)2/h10,12-15,17H,3-9,11H2,1-2H3,(H,24,27)/t13?,14?,15?,17-,21?/m1/s1. The molecule has 1 atom stereocenters. The van der Waals surface area contributed by atoms with E-state index >= 15 is 0 Å². The summed E-state index contributed by atoms with van der Waals surface area (Å²) in [7, 11) is 1.75. The molecule has 4 aliphatic carbocycles. The Morgan fingerprint density at radius 3 is 2.50 bits per heavy atom. The van der Waals surface area contributed by atoms with Crippen molar-refractivity contribution in [2.24, 2.45) is 30.2 Å². The van der Waals surface area contributed by atoms with Gasteiger partial charge in [0.2, 0.25) is 5.91 Å². The van der Waals surface area contributed by atoms with Gasteiger partial charge in [0.15, 0.2) is 5.65 Å². The van der Waals surface area contributed by atoms with Gasteiger partial charge in [0.1, 0.15) is 18.3 Å². The minimum atomic E-state index is -0.212. The number of hydrogen-bond donors (Lipinski definition) is 1. The van der Waals surface area contributed by atoms with Gasteiger partial charge in [-0.3, -0.25) is 18.8 Å². The highest BCUT2D eigenvalue weighted by Gasteiger charge is 2.53. The van der Waals surface area contributed by atoms with Crippen molar-refractivity contribution in [3.8, 4) is 0 Å². The van der Waals surface area contributed by atoms with Gasteiger partial charge in [0.25, 0.3) is 5.56 Å². The number of aromatic nitrogens is 4. The van der Waals surface area contributed by atoms with Gasteiger partial charge < -0.3 is 5.32 Å². The van der Waals surface area contributed by atoms with Crippen molar-refractivity contribution in [3.63, 3.8) is 0 Å². The highest BCUT2D eigenvalue weighted by atomic mass is 16.2. The molecular formula is C21H29N5O2. The fourth-order valence-electron chi connectivity index (χ4n) is 6.87. The van der Waals surface area contributed by atoms with Gasteiger partial charge in [0.05, 0.1) is 6.20 Å². The Hall–Kier alpha value is -2.18. The van der Waals surface area contributed by atoms with Crippen LogP contribution in [0.5, 0.6) is 0 Å². The molecule has 4 bridgehead atoms. The summed E-state index contributed by atoms with van der Waals surface area (Å²) in [6.45, 7) is 2.19. The Bertz CT molecular complexity index is 940. The van der Waals surface area contributed by atoms with Crippen molar-refractivity contribution < 1.29 is 4.79 Å². The van der Waals surface area contributed by atoms with Crippen molar-refractivity contribution in [1.29, 1.82) is 0 Å². The van der Waals surface area contributed by atoms with Gasteiger partial charge in [-0.05, 0) is 68.1 Å². The molecule has 0 spiro atoms. The van der Waals surface area contributed by atoms with Gasteiger partial charge in [-0.2, -0.15) is 5.10 Å². The van der Waals surface area contributed by atoms with Gasteiger partial charge in [-0.1, -0.05) is 6.92 Å². The molecule has 0 unspecified atom stereocenters. The van der Waals surface area contributed by atoms with Gasteiger partial charge >= 0.3 is 0 Å². The molecule has 4 aliphatic rings. The minimum Gasteiger partial charge on any atom is -0.351 e. The Morgan fingerprint density at radius 1 is 1.25 bits per heavy atom. The van der Waals surface area contributed by atoms with Crippen LogP contribution in [0, 0.1) is 23.2 Å². The quantitative estimate of drug-likeness (QED) is 0.858. The van der Waals surface area contributed by atoms with Crippen LogP contribution in [0.3, 0.4) is 0 Å². The van der Waals surface area contributed by atoms with Crippen molar-refractivity contribution in [2.75, 3.05) is 0 Å². The van der Waals surface area contributed by atoms with Crippen LogP contribution >= 0.6 is 0 Å². The lowest BCUT2D eigenvalue weighted by Gasteiger charge is -2.59. The Morgan fingerprint density at radius 2 is 1.89 bits per heavy atom. The van der Waals surface area contributed by atoms with E-state index in [0.29, 0.717) is 11.0 Å². The second kappa shape index (κ2) is 6.42.